The molecule has 1 aromatic carbocycles. The number of carbonyl (C=O) groups excluding carboxylic acids is 1. The van der Waals surface area contributed by atoms with E-state index in [1.807, 2.05) is 11.9 Å². The van der Waals surface area contributed by atoms with Gasteiger partial charge in [0, 0.05) is 35.7 Å². The topological polar surface area (TPSA) is 75.5 Å². The first-order valence-electron chi connectivity index (χ1n) is 6.44. The van der Waals surface area contributed by atoms with Crippen molar-refractivity contribution in [3.8, 4) is 0 Å². The number of nitro groups is 1. The minimum atomic E-state index is -0.474. The second-order valence-electron chi connectivity index (χ2n) is 4.77. The summed E-state index contributed by atoms with van der Waals surface area (Å²) in [6.07, 6.45) is 1.97. The third-order valence-corrected chi connectivity index (χ3v) is 4.13. The summed E-state index contributed by atoms with van der Waals surface area (Å²) in [5.41, 5.74) is 0.445. The Morgan fingerprint density at radius 3 is 2.86 bits per heavy atom. The third kappa shape index (κ3) is 3.93. The largest absolute Gasteiger partial charge is 0.334 e. The molecule has 1 aliphatic heterocycles. The highest BCUT2D eigenvalue weighted by atomic mass is 79.9. The van der Waals surface area contributed by atoms with E-state index in [1.54, 1.807) is 0 Å². The van der Waals surface area contributed by atoms with Crippen LogP contribution >= 0.6 is 28.3 Å². The quantitative estimate of drug-likeness (QED) is 0.645. The molecule has 1 amide bonds. The van der Waals surface area contributed by atoms with Crippen molar-refractivity contribution in [1.82, 2.24) is 10.2 Å². The number of rotatable bonds is 4. The van der Waals surface area contributed by atoms with E-state index in [0.717, 1.165) is 25.9 Å². The minimum absolute atomic E-state index is 0. The molecule has 0 aliphatic carbocycles. The van der Waals surface area contributed by atoms with E-state index in [4.69, 9.17) is 0 Å². The fraction of sp³-hybridized carbons (Fsp3) is 0.462. The van der Waals surface area contributed by atoms with Crippen molar-refractivity contribution in [2.24, 2.45) is 0 Å². The Hall–Kier alpha value is -1.18. The van der Waals surface area contributed by atoms with Gasteiger partial charge in [0.25, 0.3) is 11.6 Å². The molecule has 1 atom stereocenters. The number of nitrogens with one attached hydrogen (secondary N) is 1. The number of hydrogen-bond donors (Lipinski definition) is 1. The molecule has 0 bridgehead atoms. The van der Waals surface area contributed by atoms with Crippen LogP contribution in [0.25, 0.3) is 0 Å². The average molecular weight is 379 g/mol. The molecule has 1 aromatic rings. The lowest BCUT2D eigenvalue weighted by Gasteiger charge is -2.25. The number of likely N-dealkylation sites (N-methyl/N-ethyl adjacent to an activating group) is 1. The molecule has 0 saturated carbocycles. The van der Waals surface area contributed by atoms with Gasteiger partial charge in [-0.25, -0.2) is 0 Å². The summed E-state index contributed by atoms with van der Waals surface area (Å²) >= 11 is 3.25. The maximum Gasteiger partial charge on any atom is 0.270 e. The van der Waals surface area contributed by atoms with Crippen molar-refractivity contribution in [1.29, 1.82) is 0 Å². The lowest BCUT2D eigenvalue weighted by atomic mass is 10.1. The van der Waals surface area contributed by atoms with Gasteiger partial charge in [-0.3, -0.25) is 14.9 Å². The lowest BCUT2D eigenvalue weighted by Crippen LogP contribution is -2.40. The number of likely N-dealkylation sites (tertiary alicyclic amines) is 1. The maximum atomic E-state index is 12.5. The summed E-state index contributed by atoms with van der Waals surface area (Å²) in [4.78, 5) is 24.6. The van der Waals surface area contributed by atoms with E-state index in [-0.39, 0.29) is 30.0 Å². The van der Waals surface area contributed by atoms with Gasteiger partial charge in [0.15, 0.2) is 0 Å². The first kappa shape index (κ1) is 17.9. The molecule has 1 N–H and O–H groups in total. The van der Waals surface area contributed by atoms with Crippen LogP contribution in [0, 0.1) is 10.1 Å². The Bertz CT molecular complexity index is 541. The number of carbonyl (C=O) groups is 1. The van der Waals surface area contributed by atoms with Gasteiger partial charge in [-0.2, -0.15) is 0 Å². The molecule has 116 valence electrons. The maximum absolute atomic E-state index is 12.5. The molecule has 0 radical (unpaired) electrons. The average Bonchev–Trinajstić information content (AvgIpc) is 2.86. The molecule has 1 aliphatic rings. The lowest BCUT2D eigenvalue weighted by molar-refractivity contribution is -0.384. The molecule has 1 fully saturated rings. The standard InChI is InChI=1S/C13H16BrN3O3.ClH/c1-15-8-10-3-2-6-16(10)13(18)11-5-4-9(17(19)20)7-12(11)14;/h4-5,7,10,15H,2-3,6,8H2,1H3;1H. The monoisotopic (exact) mass is 377 g/mol. The summed E-state index contributed by atoms with van der Waals surface area (Å²) in [5, 5.41) is 13.8. The summed E-state index contributed by atoms with van der Waals surface area (Å²) in [6, 6.07) is 4.44. The predicted molar refractivity (Wildman–Crippen MR) is 86.0 cm³/mol. The molecule has 0 aromatic heterocycles. The van der Waals surface area contributed by atoms with Crippen LogP contribution in [0.1, 0.15) is 23.2 Å². The van der Waals surface area contributed by atoms with Gasteiger partial charge in [0.2, 0.25) is 0 Å². The van der Waals surface area contributed by atoms with Crippen LogP contribution in [0.4, 0.5) is 5.69 Å². The summed E-state index contributed by atoms with van der Waals surface area (Å²) in [7, 11) is 1.86. The molecular weight excluding hydrogens is 362 g/mol. The Labute approximate surface area is 137 Å². The van der Waals surface area contributed by atoms with Crippen molar-refractivity contribution in [2.75, 3.05) is 20.1 Å². The van der Waals surface area contributed by atoms with Crippen molar-refractivity contribution >= 4 is 39.9 Å². The van der Waals surface area contributed by atoms with Gasteiger partial charge in [0.1, 0.15) is 0 Å². The van der Waals surface area contributed by atoms with E-state index < -0.39 is 4.92 Å². The van der Waals surface area contributed by atoms with Crippen LogP contribution in [0.15, 0.2) is 22.7 Å². The molecule has 8 heteroatoms. The van der Waals surface area contributed by atoms with Crippen molar-refractivity contribution < 1.29 is 9.72 Å². The molecule has 0 spiro atoms. The Morgan fingerprint density at radius 2 is 2.29 bits per heavy atom. The number of hydrogen-bond acceptors (Lipinski definition) is 4. The van der Waals surface area contributed by atoms with Crippen molar-refractivity contribution in [2.45, 2.75) is 18.9 Å². The Balaban J connectivity index is 0.00000220. The first-order chi connectivity index (χ1) is 9.54. The van der Waals surface area contributed by atoms with Gasteiger partial charge in [-0.05, 0) is 41.9 Å². The van der Waals surface area contributed by atoms with Crippen molar-refractivity contribution in [3.63, 3.8) is 0 Å². The Kier molecular flexibility index (Phi) is 6.57. The fourth-order valence-corrected chi connectivity index (χ4v) is 3.03. The van der Waals surface area contributed by atoms with E-state index in [0.29, 0.717) is 10.0 Å². The fourth-order valence-electron chi connectivity index (χ4n) is 2.50. The molecule has 21 heavy (non-hydrogen) atoms. The zero-order valence-corrected chi connectivity index (χ0v) is 13.9. The SMILES string of the molecule is CNCC1CCCN1C(=O)c1ccc([N+](=O)[O-])cc1Br.Cl. The highest BCUT2D eigenvalue weighted by molar-refractivity contribution is 9.10. The van der Waals surface area contributed by atoms with Crippen LogP contribution in [0.3, 0.4) is 0 Å². The van der Waals surface area contributed by atoms with Crippen LogP contribution in [-0.2, 0) is 0 Å². The normalized spacial score (nSPS) is 17.4. The molecule has 1 heterocycles. The number of non-ortho nitro benzene ring substituents is 1. The van der Waals surface area contributed by atoms with E-state index in [1.165, 1.54) is 18.2 Å². The number of amides is 1. The molecule has 1 unspecified atom stereocenters. The van der Waals surface area contributed by atoms with Crippen LogP contribution in [0.2, 0.25) is 0 Å². The van der Waals surface area contributed by atoms with Crippen LogP contribution in [-0.4, -0.2) is 41.9 Å². The first-order valence-corrected chi connectivity index (χ1v) is 7.23. The minimum Gasteiger partial charge on any atom is -0.334 e. The summed E-state index contributed by atoms with van der Waals surface area (Å²) in [5.74, 6) is -0.0791. The molecule has 6 nitrogen and oxygen atoms in total. The number of nitro benzene ring substituents is 1. The highest BCUT2D eigenvalue weighted by Gasteiger charge is 2.30. The molecule has 2 rings (SSSR count). The second kappa shape index (κ2) is 7.72. The predicted octanol–water partition coefficient (Wildman–Crippen LogP) is 2.60. The third-order valence-electron chi connectivity index (χ3n) is 3.47. The molecular formula is C13H17BrClN3O3. The van der Waals surface area contributed by atoms with Crippen molar-refractivity contribution in [3.05, 3.63) is 38.3 Å². The number of benzene rings is 1. The number of halogens is 2. The Morgan fingerprint density at radius 1 is 1.57 bits per heavy atom. The van der Waals surface area contributed by atoms with Gasteiger partial charge in [0.05, 0.1) is 10.5 Å². The van der Waals surface area contributed by atoms with Gasteiger partial charge >= 0.3 is 0 Å². The van der Waals surface area contributed by atoms with Gasteiger partial charge in [-0.1, -0.05) is 0 Å². The summed E-state index contributed by atoms with van der Waals surface area (Å²) in [6.45, 7) is 1.49. The van der Waals surface area contributed by atoms with Crippen LogP contribution in [0.5, 0.6) is 0 Å². The molecule has 1 saturated heterocycles. The van der Waals surface area contributed by atoms with E-state index >= 15 is 0 Å². The smallest absolute Gasteiger partial charge is 0.270 e. The summed E-state index contributed by atoms with van der Waals surface area (Å²) < 4.78 is 0.465. The van der Waals surface area contributed by atoms with E-state index in [9.17, 15) is 14.9 Å². The second-order valence-corrected chi connectivity index (χ2v) is 5.63. The zero-order chi connectivity index (χ0) is 14.7. The van der Waals surface area contributed by atoms with E-state index in [2.05, 4.69) is 21.2 Å². The van der Waals surface area contributed by atoms with Gasteiger partial charge < -0.3 is 10.2 Å². The highest BCUT2D eigenvalue weighted by Crippen LogP contribution is 2.27. The van der Waals surface area contributed by atoms with Gasteiger partial charge in [-0.15, -0.1) is 12.4 Å². The number of nitrogens with zero attached hydrogens (tertiary/aromatic N) is 2. The zero-order valence-electron chi connectivity index (χ0n) is 11.5. The van der Waals surface area contributed by atoms with Crippen LogP contribution < -0.4 is 5.32 Å².